The molecule has 0 atom stereocenters. The van der Waals surface area contributed by atoms with Crippen LogP contribution in [0.15, 0.2) is 24.3 Å². The number of methoxy groups -OCH3 is 1. The molecule has 120 valence electrons. The molecule has 2 rings (SSSR count). The molecule has 0 saturated carbocycles. The quantitative estimate of drug-likeness (QED) is 0.930. The fourth-order valence-electron chi connectivity index (χ4n) is 2.88. The minimum Gasteiger partial charge on any atom is -0.497 e. The van der Waals surface area contributed by atoms with Gasteiger partial charge in [-0.15, -0.1) is 0 Å². The SMILES string of the molecule is COc1ccc2c(c1)/C(=C/CNC(=O)N(C)C)C(C)(C)CC2. The number of rotatable bonds is 3. The third kappa shape index (κ3) is 3.43. The fourth-order valence-corrected chi connectivity index (χ4v) is 2.88. The Morgan fingerprint density at radius 3 is 2.77 bits per heavy atom. The predicted octanol–water partition coefficient (Wildman–Crippen LogP) is 3.32. The number of allylic oxidation sites excluding steroid dienone is 1. The van der Waals surface area contributed by atoms with Gasteiger partial charge in [-0.1, -0.05) is 26.0 Å². The highest BCUT2D eigenvalue weighted by atomic mass is 16.5. The third-order valence-corrected chi connectivity index (χ3v) is 4.32. The largest absolute Gasteiger partial charge is 0.497 e. The summed E-state index contributed by atoms with van der Waals surface area (Å²) in [6.07, 6.45) is 4.33. The first kappa shape index (κ1) is 16.4. The maximum Gasteiger partial charge on any atom is 0.317 e. The first-order valence-corrected chi connectivity index (χ1v) is 7.68. The van der Waals surface area contributed by atoms with Gasteiger partial charge in [0.25, 0.3) is 0 Å². The van der Waals surface area contributed by atoms with Crippen LogP contribution in [-0.2, 0) is 6.42 Å². The van der Waals surface area contributed by atoms with Gasteiger partial charge in [0.1, 0.15) is 5.75 Å². The first-order valence-electron chi connectivity index (χ1n) is 7.68. The van der Waals surface area contributed by atoms with Gasteiger partial charge in [0.15, 0.2) is 0 Å². The number of benzene rings is 1. The molecule has 0 heterocycles. The van der Waals surface area contributed by atoms with Gasteiger partial charge in [-0.25, -0.2) is 4.79 Å². The molecule has 0 unspecified atom stereocenters. The maximum absolute atomic E-state index is 11.7. The van der Waals surface area contributed by atoms with E-state index in [0.717, 1.165) is 18.6 Å². The molecule has 0 bridgehead atoms. The zero-order chi connectivity index (χ0) is 16.3. The second-order valence-electron chi connectivity index (χ2n) is 6.61. The van der Waals surface area contributed by atoms with Crippen molar-refractivity contribution in [3.05, 3.63) is 35.4 Å². The molecule has 1 aliphatic rings. The molecule has 0 aromatic heterocycles. The summed E-state index contributed by atoms with van der Waals surface area (Å²) in [4.78, 5) is 13.2. The number of hydrogen-bond acceptors (Lipinski definition) is 2. The number of nitrogens with one attached hydrogen (secondary N) is 1. The summed E-state index contributed by atoms with van der Waals surface area (Å²) in [6.45, 7) is 5.05. The van der Waals surface area contributed by atoms with E-state index in [1.54, 1.807) is 26.1 Å². The number of urea groups is 1. The van der Waals surface area contributed by atoms with E-state index >= 15 is 0 Å². The monoisotopic (exact) mass is 302 g/mol. The molecule has 0 fully saturated rings. The highest BCUT2D eigenvalue weighted by molar-refractivity contribution is 5.77. The fraction of sp³-hybridized carbons (Fsp3) is 0.500. The number of carbonyl (C=O) groups excluding carboxylic acids is 1. The van der Waals surface area contributed by atoms with Gasteiger partial charge in [-0.2, -0.15) is 0 Å². The number of hydrogen-bond donors (Lipinski definition) is 1. The van der Waals surface area contributed by atoms with Crippen LogP contribution in [-0.4, -0.2) is 38.7 Å². The van der Waals surface area contributed by atoms with E-state index in [1.807, 2.05) is 6.07 Å². The van der Waals surface area contributed by atoms with Crippen molar-refractivity contribution in [3.8, 4) is 5.75 Å². The Balaban J connectivity index is 2.29. The molecule has 0 aliphatic heterocycles. The van der Waals surface area contributed by atoms with Crippen molar-refractivity contribution in [3.63, 3.8) is 0 Å². The average Bonchev–Trinajstić information content (AvgIpc) is 2.48. The van der Waals surface area contributed by atoms with Crippen LogP contribution in [0.1, 0.15) is 31.4 Å². The summed E-state index contributed by atoms with van der Waals surface area (Å²) in [7, 11) is 5.18. The number of aryl methyl sites for hydroxylation is 1. The molecule has 1 aliphatic carbocycles. The lowest BCUT2D eigenvalue weighted by Gasteiger charge is -2.35. The van der Waals surface area contributed by atoms with E-state index < -0.39 is 0 Å². The van der Waals surface area contributed by atoms with Crippen molar-refractivity contribution in [1.29, 1.82) is 0 Å². The van der Waals surface area contributed by atoms with Crippen molar-refractivity contribution in [2.75, 3.05) is 27.7 Å². The van der Waals surface area contributed by atoms with Gasteiger partial charge in [-0.05, 0) is 47.1 Å². The predicted molar refractivity (Wildman–Crippen MR) is 90.2 cm³/mol. The zero-order valence-corrected chi connectivity index (χ0v) is 14.2. The third-order valence-electron chi connectivity index (χ3n) is 4.32. The van der Waals surface area contributed by atoms with E-state index in [-0.39, 0.29) is 11.4 Å². The van der Waals surface area contributed by atoms with Crippen molar-refractivity contribution in [2.24, 2.45) is 5.41 Å². The maximum atomic E-state index is 11.7. The topological polar surface area (TPSA) is 41.6 Å². The van der Waals surface area contributed by atoms with Gasteiger partial charge < -0.3 is 15.0 Å². The molecule has 1 aromatic carbocycles. The second kappa shape index (κ2) is 6.42. The molecule has 4 heteroatoms. The smallest absolute Gasteiger partial charge is 0.317 e. The van der Waals surface area contributed by atoms with Crippen LogP contribution >= 0.6 is 0 Å². The zero-order valence-electron chi connectivity index (χ0n) is 14.2. The Labute approximate surface area is 133 Å². The number of ether oxygens (including phenoxy) is 1. The van der Waals surface area contributed by atoms with Crippen LogP contribution in [0.5, 0.6) is 5.75 Å². The van der Waals surface area contributed by atoms with Crippen molar-refractivity contribution >= 4 is 11.6 Å². The summed E-state index contributed by atoms with van der Waals surface area (Å²) in [5, 5.41) is 2.91. The lowest BCUT2D eigenvalue weighted by Crippen LogP contribution is -2.34. The van der Waals surface area contributed by atoms with Gasteiger partial charge in [0.05, 0.1) is 7.11 Å². The van der Waals surface area contributed by atoms with Crippen LogP contribution in [0, 0.1) is 5.41 Å². The Morgan fingerprint density at radius 1 is 1.41 bits per heavy atom. The van der Waals surface area contributed by atoms with E-state index in [4.69, 9.17) is 4.74 Å². The van der Waals surface area contributed by atoms with Gasteiger partial charge in [0, 0.05) is 20.6 Å². The minimum absolute atomic E-state index is 0.0728. The molecule has 0 spiro atoms. The molecule has 0 radical (unpaired) electrons. The van der Waals surface area contributed by atoms with E-state index in [1.165, 1.54) is 16.7 Å². The first-order chi connectivity index (χ1) is 10.3. The van der Waals surface area contributed by atoms with E-state index in [9.17, 15) is 4.79 Å². The number of carbonyl (C=O) groups is 1. The molecular weight excluding hydrogens is 276 g/mol. The molecule has 22 heavy (non-hydrogen) atoms. The van der Waals surface area contributed by atoms with E-state index in [2.05, 4.69) is 37.4 Å². The minimum atomic E-state index is -0.0728. The van der Waals surface area contributed by atoms with Crippen molar-refractivity contribution < 1.29 is 9.53 Å². The summed E-state index contributed by atoms with van der Waals surface area (Å²) in [5.41, 5.74) is 3.98. The lowest BCUT2D eigenvalue weighted by atomic mass is 9.70. The van der Waals surface area contributed by atoms with E-state index in [0.29, 0.717) is 6.54 Å². The van der Waals surface area contributed by atoms with Crippen molar-refractivity contribution in [2.45, 2.75) is 26.7 Å². The number of nitrogens with zero attached hydrogens (tertiary/aromatic N) is 1. The highest BCUT2D eigenvalue weighted by Gasteiger charge is 2.30. The summed E-state index contributed by atoms with van der Waals surface area (Å²) < 4.78 is 5.37. The van der Waals surface area contributed by atoms with Crippen LogP contribution in [0.2, 0.25) is 0 Å². The Hall–Kier alpha value is -1.97. The summed E-state index contributed by atoms with van der Waals surface area (Å²) in [6, 6.07) is 6.20. The molecule has 4 nitrogen and oxygen atoms in total. The molecule has 0 saturated heterocycles. The molecule has 1 N–H and O–H groups in total. The average molecular weight is 302 g/mol. The molecule has 2 amide bonds. The highest BCUT2D eigenvalue weighted by Crippen LogP contribution is 2.45. The van der Waals surface area contributed by atoms with Crippen LogP contribution in [0.3, 0.4) is 0 Å². The number of fused-ring (bicyclic) bond motifs is 1. The van der Waals surface area contributed by atoms with Crippen molar-refractivity contribution in [1.82, 2.24) is 10.2 Å². The normalized spacial score (nSPS) is 17.8. The summed E-state index contributed by atoms with van der Waals surface area (Å²) >= 11 is 0. The lowest BCUT2D eigenvalue weighted by molar-refractivity contribution is 0.218. The Morgan fingerprint density at radius 2 is 2.14 bits per heavy atom. The molecule has 1 aromatic rings. The van der Waals surface area contributed by atoms with Gasteiger partial charge >= 0.3 is 6.03 Å². The summed E-state index contributed by atoms with van der Waals surface area (Å²) in [5.74, 6) is 0.875. The standard InChI is InChI=1S/C18H26N2O2/c1-18(2)10-8-13-6-7-14(22-5)12-15(13)16(18)9-11-19-17(21)20(3)4/h6-7,9,12H,8,10-11H2,1-5H3,(H,19,21)/b16-9-. The van der Waals surface area contributed by atoms with Crippen LogP contribution in [0.25, 0.3) is 5.57 Å². The second-order valence-corrected chi connectivity index (χ2v) is 6.61. The van der Waals surface area contributed by atoms with Gasteiger partial charge in [0.2, 0.25) is 0 Å². The molecular formula is C18H26N2O2. The van der Waals surface area contributed by atoms with Crippen LogP contribution in [0.4, 0.5) is 4.79 Å². The van der Waals surface area contributed by atoms with Crippen LogP contribution < -0.4 is 10.1 Å². The van der Waals surface area contributed by atoms with Gasteiger partial charge in [-0.3, -0.25) is 0 Å². The number of amides is 2. The Bertz CT molecular complexity index is 589. The Kier molecular flexibility index (Phi) is 4.79.